The smallest absolute Gasteiger partial charge is 0.126 e. The topological polar surface area (TPSA) is 52.5 Å². The Kier molecular flexibility index (Phi) is 6.17. The van der Waals surface area contributed by atoms with E-state index in [1.54, 1.807) is 12.4 Å². The van der Waals surface area contributed by atoms with Gasteiger partial charge in [0.25, 0.3) is 0 Å². The van der Waals surface area contributed by atoms with Crippen LogP contribution in [-0.4, -0.2) is 14.7 Å². The highest BCUT2D eigenvalue weighted by molar-refractivity contribution is 8.08. The van der Waals surface area contributed by atoms with E-state index in [1.807, 2.05) is 13.8 Å². The lowest BCUT2D eigenvalue weighted by Crippen LogP contribution is -2.19. The number of nitriles is 1. The third kappa shape index (κ3) is 3.48. The predicted octanol–water partition coefficient (Wildman–Crippen LogP) is 2.47. The van der Waals surface area contributed by atoms with Gasteiger partial charge in [-0.3, -0.25) is 0 Å². The van der Waals surface area contributed by atoms with Crippen LogP contribution in [0.4, 0.5) is 0 Å². The van der Waals surface area contributed by atoms with E-state index in [9.17, 15) is 0 Å². The lowest BCUT2D eigenvalue weighted by Gasteiger charge is -2.15. The fourth-order valence-corrected chi connectivity index (χ4v) is 0.866. The van der Waals surface area contributed by atoms with Crippen LogP contribution in [0.2, 0.25) is 0 Å². The Balaban J connectivity index is 0.000000500. The summed E-state index contributed by atoms with van der Waals surface area (Å²) in [6, 6.07) is 2.24. The van der Waals surface area contributed by atoms with Crippen LogP contribution >= 0.6 is 24.8 Å². The van der Waals surface area contributed by atoms with E-state index in [1.165, 1.54) is 4.70 Å². The van der Waals surface area contributed by atoms with Crippen LogP contribution in [0.5, 0.6) is 0 Å². The summed E-state index contributed by atoms with van der Waals surface area (Å²) in [6.45, 7) is 3.86. The number of H-pyrrole nitrogens is 1. The van der Waals surface area contributed by atoms with Gasteiger partial charge in [0.05, 0.1) is 6.07 Å². The summed E-state index contributed by atoms with van der Waals surface area (Å²) in [4.78, 5) is 7.00. The Morgan fingerprint density at radius 2 is 2.43 bits per heavy atom. The molecule has 76 valence electrons. The Morgan fingerprint density at radius 3 is 2.71 bits per heavy atom. The number of imidazole rings is 1. The first kappa shape index (κ1) is 13.1. The molecule has 1 rings (SSSR count). The van der Waals surface area contributed by atoms with E-state index in [4.69, 9.17) is 5.26 Å². The molecule has 1 atom stereocenters. The largest absolute Gasteiger partial charge is 0.347 e. The molecule has 5 heteroatoms. The molecule has 0 saturated heterocycles. The number of hydrogen-bond donors (Lipinski definition) is 2. The van der Waals surface area contributed by atoms with E-state index in [-0.39, 0.29) is 0 Å². The van der Waals surface area contributed by atoms with Crippen molar-refractivity contribution in [3.05, 3.63) is 18.2 Å². The quantitative estimate of drug-likeness (QED) is 0.603. The van der Waals surface area contributed by atoms with E-state index in [2.05, 4.69) is 40.9 Å². The molecular formula is C9H13N3S2. The molecule has 0 aliphatic carbocycles. The third-order valence-corrected chi connectivity index (χ3v) is 1.97. The molecule has 1 unspecified atom stereocenters. The van der Waals surface area contributed by atoms with Gasteiger partial charge in [0.2, 0.25) is 0 Å². The summed E-state index contributed by atoms with van der Waals surface area (Å²) < 4.78 is 1.28. The average molecular weight is 227 g/mol. The third-order valence-electron chi connectivity index (χ3n) is 1.97. The summed E-state index contributed by atoms with van der Waals surface area (Å²) >= 11 is 7.61. The molecule has 0 aliphatic heterocycles. The zero-order chi connectivity index (χ0) is 11.0. The normalized spacial score (nSPS) is 13.0. The molecule has 1 N–H and O–H groups in total. The monoisotopic (exact) mass is 227 g/mol. The van der Waals surface area contributed by atoms with Crippen molar-refractivity contribution in [2.45, 2.75) is 25.7 Å². The molecule has 1 heterocycles. The van der Waals surface area contributed by atoms with Crippen LogP contribution in [0.25, 0.3) is 0 Å². The molecular weight excluding hydrogens is 214 g/mol. The number of aromatic amines is 1. The standard InChI is InChI=1S/C8H11N3.CH2S2/c1-3-8(2,6-9)7-10-4-5-11-7;2-1-3/h4-5H,3H2,1-2H3,(H,10,11);1H,(H,2,3). The minimum atomic E-state index is -0.455. The molecule has 0 fully saturated rings. The number of nitrogens with zero attached hydrogens (tertiary/aromatic N) is 2. The molecule has 0 radical (unpaired) electrons. The van der Waals surface area contributed by atoms with Crippen molar-refractivity contribution in [3.8, 4) is 6.07 Å². The molecule has 1 aromatic heterocycles. The van der Waals surface area contributed by atoms with Crippen molar-refractivity contribution in [2.24, 2.45) is 0 Å². The van der Waals surface area contributed by atoms with Gasteiger partial charge >= 0.3 is 0 Å². The van der Waals surface area contributed by atoms with Gasteiger partial charge in [0.15, 0.2) is 0 Å². The number of nitrogens with one attached hydrogen (secondary N) is 1. The molecule has 0 aromatic carbocycles. The fraction of sp³-hybridized carbons (Fsp3) is 0.444. The van der Waals surface area contributed by atoms with Crippen molar-refractivity contribution in [1.82, 2.24) is 9.97 Å². The summed E-state index contributed by atoms with van der Waals surface area (Å²) in [5, 5.41) is 8.85. The zero-order valence-electron chi connectivity index (χ0n) is 8.19. The molecule has 14 heavy (non-hydrogen) atoms. The average Bonchev–Trinajstić information content (AvgIpc) is 2.71. The van der Waals surface area contributed by atoms with Crippen molar-refractivity contribution >= 4 is 29.5 Å². The van der Waals surface area contributed by atoms with Crippen LogP contribution in [-0.2, 0) is 5.41 Å². The predicted molar refractivity (Wildman–Crippen MR) is 64.5 cm³/mol. The maximum atomic E-state index is 8.85. The first-order chi connectivity index (χ1) is 6.64. The minimum Gasteiger partial charge on any atom is -0.347 e. The van der Waals surface area contributed by atoms with Crippen molar-refractivity contribution < 1.29 is 0 Å². The first-order valence-electron chi connectivity index (χ1n) is 4.13. The van der Waals surface area contributed by atoms with Crippen LogP contribution < -0.4 is 0 Å². The lowest BCUT2D eigenvalue weighted by molar-refractivity contribution is 0.553. The number of thiol groups is 1. The minimum absolute atomic E-state index is 0.455. The maximum absolute atomic E-state index is 8.85. The van der Waals surface area contributed by atoms with Gasteiger partial charge in [-0.25, -0.2) is 4.98 Å². The van der Waals surface area contributed by atoms with Gasteiger partial charge in [-0.2, -0.15) is 5.26 Å². The molecule has 0 saturated carbocycles. The highest BCUT2D eigenvalue weighted by Gasteiger charge is 2.26. The van der Waals surface area contributed by atoms with Crippen molar-refractivity contribution in [1.29, 1.82) is 5.26 Å². The summed E-state index contributed by atoms with van der Waals surface area (Å²) in [5.41, 5.74) is -0.455. The lowest BCUT2D eigenvalue weighted by atomic mass is 9.89. The van der Waals surface area contributed by atoms with Crippen LogP contribution in [0, 0.1) is 11.3 Å². The second-order valence-electron chi connectivity index (χ2n) is 2.84. The molecule has 0 bridgehead atoms. The van der Waals surface area contributed by atoms with E-state index >= 15 is 0 Å². The van der Waals surface area contributed by atoms with Gasteiger partial charge in [-0.15, -0.1) is 12.6 Å². The van der Waals surface area contributed by atoms with Gasteiger partial charge < -0.3 is 4.98 Å². The molecule has 0 amide bonds. The maximum Gasteiger partial charge on any atom is 0.126 e. The van der Waals surface area contributed by atoms with Gasteiger partial charge in [0.1, 0.15) is 11.2 Å². The van der Waals surface area contributed by atoms with Gasteiger partial charge in [-0.05, 0) is 13.3 Å². The van der Waals surface area contributed by atoms with Crippen molar-refractivity contribution in [2.75, 3.05) is 0 Å². The van der Waals surface area contributed by atoms with Crippen molar-refractivity contribution in [3.63, 3.8) is 0 Å². The Hall–Kier alpha value is -0.860. The molecule has 0 spiro atoms. The molecule has 1 aromatic rings. The van der Waals surface area contributed by atoms with Crippen LogP contribution in [0.3, 0.4) is 0 Å². The number of aromatic nitrogens is 2. The van der Waals surface area contributed by atoms with E-state index < -0.39 is 5.41 Å². The van der Waals surface area contributed by atoms with E-state index in [0.29, 0.717) is 0 Å². The fourth-order valence-electron chi connectivity index (χ4n) is 0.866. The second-order valence-corrected chi connectivity index (χ2v) is 3.68. The number of rotatable bonds is 2. The van der Waals surface area contributed by atoms with E-state index in [0.717, 1.165) is 12.2 Å². The second kappa shape index (κ2) is 6.57. The number of hydrogen-bond acceptors (Lipinski definition) is 3. The molecule has 0 aliphatic rings. The van der Waals surface area contributed by atoms with Gasteiger partial charge in [0, 0.05) is 17.1 Å². The summed E-state index contributed by atoms with van der Waals surface area (Å²) in [6.07, 6.45) is 4.18. The van der Waals surface area contributed by atoms with Crippen LogP contribution in [0.15, 0.2) is 12.4 Å². The Labute approximate surface area is 95.0 Å². The van der Waals surface area contributed by atoms with Gasteiger partial charge in [-0.1, -0.05) is 19.1 Å². The summed E-state index contributed by atoms with van der Waals surface area (Å²) in [5.74, 6) is 0.752. The molecule has 3 nitrogen and oxygen atoms in total. The summed E-state index contributed by atoms with van der Waals surface area (Å²) in [7, 11) is 0. The zero-order valence-corrected chi connectivity index (χ0v) is 9.90. The highest BCUT2D eigenvalue weighted by Crippen LogP contribution is 2.22. The number of thiocarbonyl (C=S) groups is 1. The SMILES string of the molecule is CCC(C)(C#N)c1ncc[nH]1.S=CS. The Bertz CT molecular complexity index is 302. The van der Waals surface area contributed by atoms with Crippen LogP contribution in [0.1, 0.15) is 26.1 Å². The first-order valence-corrected chi connectivity index (χ1v) is 5.12. The Morgan fingerprint density at radius 1 is 1.86 bits per heavy atom. The highest BCUT2D eigenvalue weighted by atomic mass is 32.1.